The van der Waals surface area contributed by atoms with Crippen LogP contribution in [-0.4, -0.2) is 4.98 Å². The SMILES string of the molecule is Fc1c[nH]c(F)c1I. The van der Waals surface area contributed by atoms with Crippen LogP contribution in [-0.2, 0) is 0 Å². The molecule has 4 heteroatoms. The predicted octanol–water partition coefficient (Wildman–Crippen LogP) is 1.90. The van der Waals surface area contributed by atoms with Gasteiger partial charge in [-0.05, 0) is 22.6 Å². The zero-order chi connectivity index (χ0) is 6.15. The molecule has 0 aliphatic carbocycles. The quantitative estimate of drug-likeness (QED) is 0.654. The largest absolute Gasteiger partial charge is 0.335 e. The van der Waals surface area contributed by atoms with Crippen LogP contribution in [0.2, 0.25) is 0 Å². The van der Waals surface area contributed by atoms with Crippen molar-refractivity contribution in [3.8, 4) is 0 Å². The van der Waals surface area contributed by atoms with Gasteiger partial charge in [0.15, 0.2) is 5.82 Å². The molecule has 0 atom stereocenters. The molecule has 0 aromatic carbocycles. The molecule has 0 spiro atoms. The fraction of sp³-hybridized carbons (Fsp3) is 0. The molecule has 1 heterocycles. The van der Waals surface area contributed by atoms with Gasteiger partial charge in [-0.25, -0.2) is 4.39 Å². The van der Waals surface area contributed by atoms with Crippen LogP contribution in [0.1, 0.15) is 0 Å². The van der Waals surface area contributed by atoms with Crippen LogP contribution in [0.15, 0.2) is 6.20 Å². The van der Waals surface area contributed by atoms with E-state index in [2.05, 4.69) is 4.98 Å². The molecule has 0 aliphatic heterocycles. The van der Waals surface area contributed by atoms with E-state index >= 15 is 0 Å². The predicted molar refractivity (Wildman–Crippen MR) is 33.4 cm³/mol. The molecule has 0 aliphatic rings. The number of aromatic nitrogens is 1. The van der Waals surface area contributed by atoms with Crippen LogP contribution in [0.5, 0.6) is 0 Å². The minimum atomic E-state index is -0.608. The first-order valence-electron chi connectivity index (χ1n) is 1.89. The molecular formula is C4H2F2IN. The molecule has 0 amide bonds. The number of nitrogens with one attached hydrogen (secondary N) is 1. The summed E-state index contributed by atoms with van der Waals surface area (Å²) in [6.45, 7) is 0. The molecule has 0 fully saturated rings. The third-order valence-corrected chi connectivity index (χ3v) is 1.72. The maximum absolute atomic E-state index is 12.1. The van der Waals surface area contributed by atoms with Crippen molar-refractivity contribution in [2.75, 3.05) is 0 Å². The van der Waals surface area contributed by atoms with Crippen LogP contribution in [0, 0.1) is 15.3 Å². The van der Waals surface area contributed by atoms with Crippen molar-refractivity contribution < 1.29 is 8.78 Å². The minimum absolute atomic E-state index is 0.0163. The van der Waals surface area contributed by atoms with E-state index in [0.29, 0.717) is 0 Å². The average Bonchev–Trinajstić information content (AvgIpc) is 1.98. The lowest BCUT2D eigenvalue weighted by Gasteiger charge is -1.77. The Balaban J connectivity index is 3.19. The van der Waals surface area contributed by atoms with E-state index in [1.807, 2.05) is 0 Å². The summed E-state index contributed by atoms with van der Waals surface area (Å²) in [5.74, 6) is -1.15. The normalized spacial score (nSPS) is 9.88. The zero-order valence-corrected chi connectivity index (χ0v) is 5.87. The molecule has 1 rings (SSSR count). The van der Waals surface area contributed by atoms with E-state index in [4.69, 9.17) is 0 Å². The second-order valence-corrected chi connectivity index (χ2v) is 2.34. The average molecular weight is 229 g/mol. The maximum Gasteiger partial charge on any atom is 0.207 e. The third kappa shape index (κ3) is 0.841. The van der Waals surface area contributed by atoms with Crippen molar-refractivity contribution in [3.05, 3.63) is 21.5 Å². The second kappa shape index (κ2) is 2.00. The zero-order valence-electron chi connectivity index (χ0n) is 3.71. The first-order valence-corrected chi connectivity index (χ1v) is 2.97. The van der Waals surface area contributed by atoms with Gasteiger partial charge in [-0.3, -0.25) is 0 Å². The van der Waals surface area contributed by atoms with Crippen molar-refractivity contribution in [1.29, 1.82) is 0 Å². The molecule has 0 saturated heterocycles. The highest BCUT2D eigenvalue weighted by Crippen LogP contribution is 2.12. The van der Waals surface area contributed by atoms with Crippen molar-refractivity contribution in [3.63, 3.8) is 0 Å². The summed E-state index contributed by atoms with van der Waals surface area (Å²) >= 11 is 1.58. The lowest BCUT2D eigenvalue weighted by molar-refractivity contribution is 0.574. The molecule has 1 N–H and O–H groups in total. The molecule has 0 radical (unpaired) electrons. The summed E-state index contributed by atoms with van der Waals surface area (Å²) in [6, 6.07) is 0. The highest BCUT2D eigenvalue weighted by atomic mass is 127. The topological polar surface area (TPSA) is 15.8 Å². The number of halogens is 3. The number of hydrogen-bond donors (Lipinski definition) is 1. The Kier molecular flexibility index (Phi) is 1.50. The van der Waals surface area contributed by atoms with Crippen LogP contribution >= 0.6 is 22.6 Å². The Labute approximate surface area is 58.2 Å². The number of aromatic amines is 1. The van der Waals surface area contributed by atoms with E-state index in [1.165, 1.54) is 0 Å². The van der Waals surface area contributed by atoms with E-state index < -0.39 is 11.8 Å². The number of rotatable bonds is 0. The van der Waals surface area contributed by atoms with E-state index in [-0.39, 0.29) is 3.57 Å². The summed E-state index contributed by atoms with van der Waals surface area (Å²) in [4.78, 5) is 2.09. The van der Waals surface area contributed by atoms with Gasteiger partial charge < -0.3 is 4.98 Å². The highest BCUT2D eigenvalue weighted by molar-refractivity contribution is 14.1. The van der Waals surface area contributed by atoms with Gasteiger partial charge in [0.2, 0.25) is 5.95 Å². The van der Waals surface area contributed by atoms with Gasteiger partial charge in [0.05, 0.1) is 0 Å². The molecule has 1 aromatic heterocycles. The van der Waals surface area contributed by atoms with Gasteiger partial charge in [-0.1, -0.05) is 0 Å². The molecule has 0 bridgehead atoms. The smallest absolute Gasteiger partial charge is 0.207 e. The number of H-pyrrole nitrogens is 1. The molecule has 44 valence electrons. The van der Waals surface area contributed by atoms with Gasteiger partial charge >= 0.3 is 0 Å². The van der Waals surface area contributed by atoms with Crippen molar-refractivity contribution in [1.82, 2.24) is 4.98 Å². The molecular weight excluding hydrogens is 227 g/mol. The minimum Gasteiger partial charge on any atom is -0.335 e. The van der Waals surface area contributed by atoms with Gasteiger partial charge in [0, 0.05) is 6.20 Å². The standard InChI is InChI=1S/C4H2F2IN/c5-2-1-8-4(6)3(2)7/h1,8H. The van der Waals surface area contributed by atoms with Crippen molar-refractivity contribution in [2.45, 2.75) is 0 Å². The summed E-state index contributed by atoms with van der Waals surface area (Å²) in [5, 5.41) is 0. The van der Waals surface area contributed by atoms with Crippen LogP contribution in [0.25, 0.3) is 0 Å². The lowest BCUT2D eigenvalue weighted by atomic mass is 10.6. The van der Waals surface area contributed by atoms with Crippen LogP contribution < -0.4 is 0 Å². The van der Waals surface area contributed by atoms with Gasteiger partial charge in [-0.15, -0.1) is 0 Å². The van der Waals surface area contributed by atoms with Crippen LogP contribution in [0.3, 0.4) is 0 Å². The van der Waals surface area contributed by atoms with E-state index in [1.54, 1.807) is 22.6 Å². The Bertz CT molecular complexity index is 176. The second-order valence-electron chi connectivity index (χ2n) is 1.26. The van der Waals surface area contributed by atoms with E-state index in [0.717, 1.165) is 6.20 Å². The number of hydrogen-bond acceptors (Lipinski definition) is 0. The fourth-order valence-corrected chi connectivity index (χ4v) is 0.670. The first kappa shape index (κ1) is 6.00. The van der Waals surface area contributed by atoms with Crippen molar-refractivity contribution in [2.24, 2.45) is 0 Å². The van der Waals surface area contributed by atoms with E-state index in [9.17, 15) is 8.78 Å². The summed E-state index contributed by atoms with van der Waals surface area (Å²) < 4.78 is 24.1. The molecule has 8 heavy (non-hydrogen) atoms. The van der Waals surface area contributed by atoms with Crippen LogP contribution in [0.4, 0.5) is 8.78 Å². The Morgan fingerprint density at radius 1 is 1.50 bits per heavy atom. The monoisotopic (exact) mass is 229 g/mol. The molecule has 0 unspecified atom stereocenters. The third-order valence-electron chi connectivity index (χ3n) is 0.728. The lowest BCUT2D eigenvalue weighted by Crippen LogP contribution is -1.74. The van der Waals surface area contributed by atoms with Gasteiger partial charge in [0.25, 0.3) is 0 Å². The maximum atomic E-state index is 12.1. The summed E-state index contributed by atoms with van der Waals surface area (Å²) in [5.41, 5.74) is 0. The highest BCUT2D eigenvalue weighted by Gasteiger charge is 2.04. The molecule has 1 aromatic rings. The Morgan fingerprint density at radius 3 is 2.25 bits per heavy atom. The molecule has 0 saturated carbocycles. The summed E-state index contributed by atoms with van der Waals surface area (Å²) in [7, 11) is 0. The van der Waals surface area contributed by atoms with Crippen molar-refractivity contribution >= 4 is 22.6 Å². The Morgan fingerprint density at radius 2 is 2.12 bits per heavy atom. The summed E-state index contributed by atoms with van der Waals surface area (Å²) in [6.07, 6.45) is 0.983. The van der Waals surface area contributed by atoms with Gasteiger partial charge in [-0.2, -0.15) is 4.39 Å². The molecule has 1 nitrogen and oxygen atoms in total. The Hall–Kier alpha value is -0.130. The first-order chi connectivity index (χ1) is 3.72. The fourth-order valence-electron chi connectivity index (χ4n) is 0.358. The van der Waals surface area contributed by atoms with Gasteiger partial charge in [0.1, 0.15) is 3.57 Å².